The first kappa shape index (κ1) is 18.4. The van der Waals surface area contributed by atoms with E-state index in [9.17, 15) is 5.11 Å². The molecular weight excluding hydrogens is 352 g/mol. The highest BCUT2D eigenvalue weighted by molar-refractivity contribution is 5.69. The number of aromatic nitrogens is 5. The maximum atomic E-state index is 10.4. The van der Waals surface area contributed by atoms with Crippen molar-refractivity contribution in [3.63, 3.8) is 0 Å². The minimum atomic E-state index is 0.0704. The lowest BCUT2D eigenvalue weighted by molar-refractivity contribution is 0.158. The molecule has 1 saturated heterocycles. The summed E-state index contributed by atoms with van der Waals surface area (Å²) < 4.78 is 0. The summed E-state index contributed by atoms with van der Waals surface area (Å²) in [6.07, 6.45) is 6.33. The Labute approximate surface area is 164 Å². The van der Waals surface area contributed by atoms with Gasteiger partial charge in [0.05, 0.1) is 6.20 Å². The maximum Gasteiger partial charge on any atom is 0.151 e. The summed E-state index contributed by atoms with van der Waals surface area (Å²) in [5.74, 6) is 0.931. The van der Waals surface area contributed by atoms with Crippen molar-refractivity contribution in [2.24, 2.45) is 10.8 Å². The van der Waals surface area contributed by atoms with Gasteiger partial charge in [-0.2, -0.15) is 5.10 Å². The second-order valence-electron chi connectivity index (χ2n) is 9.22. The van der Waals surface area contributed by atoms with Crippen molar-refractivity contribution in [3.8, 4) is 28.3 Å². The molecule has 4 heterocycles. The number of aromatic hydroxyl groups is 1. The number of nitrogens with zero attached hydrogens (tertiary/aromatic N) is 5. The van der Waals surface area contributed by atoms with Crippen molar-refractivity contribution in [2.75, 3.05) is 18.0 Å². The predicted molar refractivity (Wildman–Crippen MR) is 109 cm³/mol. The fourth-order valence-corrected chi connectivity index (χ4v) is 4.50. The maximum absolute atomic E-state index is 10.4. The SMILES string of the molecule is CC1(C)CN(c2ccc(-c3ncc(-c4cn[nH]c4)cc3O)nn2)CC(C)(C)C1. The van der Waals surface area contributed by atoms with Crippen LogP contribution in [0.1, 0.15) is 34.1 Å². The topological polar surface area (TPSA) is 90.8 Å². The van der Waals surface area contributed by atoms with Gasteiger partial charge in [-0.05, 0) is 35.4 Å². The van der Waals surface area contributed by atoms with Crippen LogP contribution in [0.15, 0.2) is 36.8 Å². The minimum absolute atomic E-state index is 0.0704. The van der Waals surface area contributed by atoms with Gasteiger partial charge in [0, 0.05) is 36.6 Å². The Morgan fingerprint density at radius 2 is 1.75 bits per heavy atom. The highest BCUT2D eigenvalue weighted by Gasteiger charge is 2.37. The Balaban J connectivity index is 1.58. The van der Waals surface area contributed by atoms with Gasteiger partial charge in [-0.3, -0.25) is 5.10 Å². The summed E-state index contributed by atoms with van der Waals surface area (Å²) >= 11 is 0. The molecule has 0 aromatic carbocycles. The number of H-pyrrole nitrogens is 1. The largest absolute Gasteiger partial charge is 0.506 e. The number of aromatic amines is 1. The van der Waals surface area contributed by atoms with Crippen LogP contribution >= 0.6 is 0 Å². The number of hydrogen-bond acceptors (Lipinski definition) is 6. The standard InChI is InChI=1S/C21H26N6O/c1-20(2)11-21(3,4)13-27(12-20)18-6-5-16(25-26-18)19-17(28)7-14(8-22-19)15-9-23-24-10-15/h5-10,28H,11-13H2,1-4H3,(H,23,24). The van der Waals surface area contributed by atoms with Crippen molar-refractivity contribution in [3.05, 3.63) is 36.8 Å². The summed E-state index contributed by atoms with van der Waals surface area (Å²) in [6, 6.07) is 5.50. The Bertz CT molecular complexity index is 947. The van der Waals surface area contributed by atoms with Crippen molar-refractivity contribution in [1.29, 1.82) is 0 Å². The third-order valence-electron chi connectivity index (χ3n) is 5.11. The van der Waals surface area contributed by atoms with Crippen LogP contribution in [0.4, 0.5) is 5.82 Å². The monoisotopic (exact) mass is 378 g/mol. The molecule has 0 spiro atoms. The van der Waals surface area contributed by atoms with Gasteiger partial charge in [0.1, 0.15) is 17.1 Å². The number of piperidine rings is 1. The van der Waals surface area contributed by atoms with Crippen molar-refractivity contribution < 1.29 is 5.11 Å². The molecule has 2 N–H and O–H groups in total. The predicted octanol–water partition coefficient (Wildman–Crippen LogP) is 3.90. The zero-order valence-electron chi connectivity index (χ0n) is 16.8. The van der Waals surface area contributed by atoms with Crippen molar-refractivity contribution in [1.82, 2.24) is 25.4 Å². The van der Waals surface area contributed by atoms with Crippen LogP contribution in [-0.2, 0) is 0 Å². The molecule has 146 valence electrons. The molecule has 0 bridgehead atoms. The molecule has 7 heteroatoms. The van der Waals surface area contributed by atoms with Crippen LogP contribution < -0.4 is 4.90 Å². The van der Waals surface area contributed by atoms with Crippen LogP contribution in [0.5, 0.6) is 5.75 Å². The van der Waals surface area contributed by atoms with E-state index in [0.29, 0.717) is 11.4 Å². The summed E-state index contributed by atoms with van der Waals surface area (Å²) in [5, 5.41) is 25.9. The number of pyridine rings is 1. The number of nitrogens with one attached hydrogen (secondary N) is 1. The van der Waals surface area contributed by atoms with E-state index in [1.807, 2.05) is 12.1 Å². The van der Waals surface area contributed by atoms with Gasteiger partial charge >= 0.3 is 0 Å². The van der Waals surface area contributed by atoms with Gasteiger partial charge in [0.2, 0.25) is 0 Å². The zero-order chi connectivity index (χ0) is 19.9. The molecule has 3 aromatic rings. The van der Waals surface area contributed by atoms with Crippen LogP contribution in [0.25, 0.3) is 22.5 Å². The molecule has 1 aliphatic heterocycles. The molecule has 0 aliphatic carbocycles. The molecule has 0 saturated carbocycles. The fourth-order valence-electron chi connectivity index (χ4n) is 4.50. The lowest BCUT2D eigenvalue weighted by Gasteiger charge is -2.47. The molecule has 0 atom stereocenters. The third kappa shape index (κ3) is 3.69. The second-order valence-corrected chi connectivity index (χ2v) is 9.22. The van der Waals surface area contributed by atoms with E-state index in [4.69, 9.17) is 0 Å². The van der Waals surface area contributed by atoms with E-state index in [1.165, 1.54) is 6.42 Å². The van der Waals surface area contributed by atoms with Crippen LogP contribution in [-0.4, -0.2) is 43.6 Å². The van der Waals surface area contributed by atoms with Crippen molar-refractivity contribution >= 4 is 5.82 Å². The Kier molecular flexibility index (Phi) is 4.33. The van der Waals surface area contributed by atoms with Gasteiger partial charge in [-0.25, -0.2) is 4.98 Å². The van der Waals surface area contributed by atoms with E-state index in [1.54, 1.807) is 24.7 Å². The van der Waals surface area contributed by atoms with E-state index in [2.05, 4.69) is 58.0 Å². The summed E-state index contributed by atoms with van der Waals surface area (Å²) in [4.78, 5) is 6.69. The first-order valence-corrected chi connectivity index (χ1v) is 9.50. The highest BCUT2D eigenvalue weighted by atomic mass is 16.3. The fraction of sp³-hybridized carbons (Fsp3) is 0.429. The smallest absolute Gasteiger partial charge is 0.151 e. The van der Waals surface area contributed by atoms with E-state index < -0.39 is 0 Å². The summed E-state index contributed by atoms with van der Waals surface area (Å²) in [7, 11) is 0. The van der Waals surface area contributed by atoms with Crippen LogP contribution in [0.3, 0.4) is 0 Å². The normalized spacial score (nSPS) is 18.2. The van der Waals surface area contributed by atoms with Gasteiger partial charge in [-0.1, -0.05) is 27.7 Å². The molecule has 0 radical (unpaired) electrons. The number of anilines is 1. The Morgan fingerprint density at radius 1 is 1.00 bits per heavy atom. The molecule has 3 aromatic heterocycles. The zero-order valence-corrected chi connectivity index (χ0v) is 16.8. The van der Waals surface area contributed by atoms with Gasteiger partial charge in [-0.15, -0.1) is 10.2 Å². The molecule has 0 amide bonds. The average Bonchev–Trinajstić information content (AvgIpc) is 3.14. The molecule has 1 aliphatic rings. The third-order valence-corrected chi connectivity index (χ3v) is 5.11. The van der Waals surface area contributed by atoms with Gasteiger partial charge in [0.25, 0.3) is 0 Å². The molecular formula is C21H26N6O. The van der Waals surface area contributed by atoms with Gasteiger partial charge < -0.3 is 10.0 Å². The quantitative estimate of drug-likeness (QED) is 0.718. The molecule has 7 nitrogen and oxygen atoms in total. The van der Waals surface area contributed by atoms with Crippen molar-refractivity contribution in [2.45, 2.75) is 34.1 Å². The van der Waals surface area contributed by atoms with Crippen LogP contribution in [0, 0.1) is 10.8 Å². The average molecular weight is 378 g/mol. The molecule has 4 rings (SSSR count). The second kappa shape index (κ2) is 6.58. The molecule has 1 fully saturated rings. The summed E-state index contributed by atoms with van der Waals surface area (Å²) in [6.45, 7) is 11.1. The lowest BCUT2D eigenvalue weighted by Crippen LogP contribution is -2.49. The summed E-state index contributed by atoms with van der Waals surface area (Å²) in [5.41, 5.74) is 3.08. The first-order chi connectivity index (χ1) is 13.2. The van der Waals surface area contributed by atoms with E-state index in [-0.39, 0.29) is 16.6 Å². The Morgan fingerprint density at radius 3 is 2.32 bits per heavy atom. The van der Waals surface area contributed by atoms with E-state index in [0.717, 1.165) is 30.0 Å². The lowest BCUT2D eigenvalue weighted by atomic mass is 9.71. The van der Waals surface area contributed by atoms with Gasteiger partial charge in [0.15, 0.2) is 5.82 Å². The Hall–Kier alpha value is -2.96. The highest BCUT2D eigenvalue weighted by Crippen LogP contribution is 2.41. The molecule has 28 heavy (non-hydrogen) atoms. The first-order valence-electron chi connectivity index (χ1n) is 9.50. The molecule has 0 unspecified atom stereocenters. The number of hydrogen-bond donors (Lipinski definition) is 2. The van der Waals surface area contributed by atoms with E-state index >= 15 is 0 Å². The number of rotatable bonds is 3. The minimum Gasteiger partial charge on any atom is -0.506 e. The van der Waals surface area contributed by atoms with Crippen LogP contribution in [0.2, 0.25) is 0 Å².